The molecule has 2 aromatic rings. The van der Waals surface area contributed by atoms with E-state index in [-0.39, 0.29) is 17.9 Å². The maximum Gasteiger partial charge on any atom is 0.322 e. The highest BCUT2D eigenvalue weighted by Gasteiger charge is 2.26. The summed E-state index contributed by atoms with van der Waals surface area (Å²) in [4.78, 5) is 14.7. The molecule has 1 atom stereocenters. The molecule has 146 valence electrons. The number of carbonyl (C=O) groups excluding carboxylic acids is 1. The van der Waals surface area contributed by atoms with Crippen LogP contribution in [0.5, 0.6) is 0 Å². The molecular weight excluding hydrogens is 347 g/mol. The summed E-state index contributed by atoms with van der Waals surface area (Å²) < 4.78 is 20.1. The Bertz CT molecular complexity index is 749. The first kappa shape index (κ1) is 19.4. The molecule has 0 saturated carbocycles. The lowest BCUT2D eigenvalue weighted by Gasteiger charge is -2.35. The van der Waals surface area contributed by atoms with Crippen molar-refractivity contribution in [2.75, 3.05) is 25.6 Å². The number of rotatable bonds is 7. The van der Waals surface area contributed by atoms with E-state index in [2.05, 4.69) is 10.4 Å². The van der Waals surface area contributed by atoms with Crippen LogP contribution in [-0.4, -0.2) is 47.0 Å². The first-order chi connectivity index (χ1) is 13.2. The van der Waals surface area contributed by atoms with Gasteiger partial charge >= 0.3 is 6.03 Å². The Kier molecular flexibility index (Phi) is 6.81. The summed E-state index contributed by atoms with van der Waals surface area (Å²) in [5.74, 6) is -0.266. The average Bonchev–Trinajstić information content (AvgIpc) is 3.09. The zero-order chi connectivity index (χ0) is 19.1. The van der Waals surface area contributed by atoms with Crippen molar-refractivity contribution in [2.45, 2.75) is 44.7 Å². The van der Waals surface area contributed by atoms with Crippen LogP contribution in [0.1, 0.15) is 37.7 Å². The SMILES string of the molecule is COCCC[C@H]1CCCCN1C(=O)Nc1cnn(Cc2cccc(F)c2)c1. The zero-order valence-corrected chi connectivity index (χ0v) is 15.7. The van der Waals surface area contributed by atoms with E-state index >= 15 is 0 Å². The molecule has 1 aromatic heterocycles. The third kappa shape index (κ3) is 5.53. The van der Waals surface area contributed by atoms with Crippen LogP contribution in [0.4, 0.5) is 14.9 Å². The van der Waals surface area contributed by atoms with Gasteiger partial charge in [-0.2, -0.15) is 5.10 Å². The monoisotopic (exact) mass is 374 g/mol. The fourth-order valence-electron chi connectivity index (χ4n) is 3.56. The molecule has 6 nitrogen and oxygen atoms in total. The molecule has 1 aromatic carbocycles. The summed E-state index contributed by atoms with van der Waals surface area (Å²) in [6.07, 6.45) is 8.54. The average molecular weight is 374 g/mol. The second-order valence-electron chi connectivity index (χ2n) is 6.96. The van der Waals surface area contributed by atoms with Gasteiger partial charge in [-0.1, -0.05) is 12.1 Å². The largest absolute Gasteiger partial charge is 0.385 e. The quantitative estimate of drug-likeness (QED) is 0.748. The smallest absolute Gasteiger partial charge is 0.322 e. The van der Waals surface area contributed by atoms with Crippen molar-refractivity contribution in [3.05, 3.63) is 48.0 Å². The van der Waals surface area contributed by atoms with Gasteiger partial charge in [0, 0.05) is 32.5 Å². The van der Waals surface area contributed by atoms with Gasteiger partial charge in [0.1, 0.15) is 5.82 Å². The highest BCUT2D eigenvalue weighted by Crippen LogP contribution is 2.22. The molecule has 0 radical (unpaired) electrons. The van der Waals surface area contributed by atoms with Crippen LogP contribution in [-0.2, 0) is 11.3 Å². The summed E-state index contributed by atoms with van der Waals surface area (Å²) in [7, 11) is 1.70. The fraction of sp³-hybridized carbons (Fsp3) is 0.500. The Labute approximate surface area is 159 Å². The number of likely N-dealkylation sites (tertiary alicyclic amines) is 1. The van der Waals surface area contributed by atoms with Crippen molar-refractivity contribution >= 4 is 11.7 Å². The second-order valence-corrected chi connectivity index (χ2v) is 6.96. The van der Waals surface area contributed by atoms with E-state index in [0.717, 1.165) is 50.8 Å². The standard InChI is InChI=1S/C20H27FN4O2/c1-27-11-5-9-19-8-2-3-10-25(19)20(26)23-18-13-22-24(15-18)14-16-6-4-7-17(21)12-16/h4,6-7,12-13,15,19H,2-3,5,8-11,14H2,1H3,(H,23,26)/t19-/m1/s1. The Balaban J connectivity index is 1.57. The predicted molar refractivity (Wildman–Crippen MR) is 102 cm³/mol. The van der Waals surface area contributed by atoms with Crippen LogP contribution in [0.3, 0.4) is 0 Å². The predicted octanol–water partition coefficient (Wildman–Crippen LogP) is 3.88. The van der Waals surface area contributed by atoms with Gasteiger partial charge in [-0.3, -0.25) is 4.68 Å². The van der Waals surface area contributed by atoms with Crippen LogP contribution in [0.2, 0.25) is 0 Å². The topological polar surface area (TPSA) is 59.4 Å². The highest BCUT2D eigenvalue weighted by molar-refractivity contribution is 5.89. The van der Waals surface area contributed by atoms with Crippen LogP contribution >= 0.6 is 0 Å². The number of anilines is 1. The maximum atomic E-state index is 13.3. The number of amides is 2. The molecule has 1 N–H and O–H groups in total. The van der Waals surface area contributed by atoms with E-state index in [4.69, 9.17) is 4.74 Å². The second kappa shape index (κ2) is 9.50. The summed E-state index contributed by atoms with van der Waals surface area (Å²) >= 11 is 0. The van der Waals surface area contributed by atoms with Gasteiger partial charge in [-0.15, -0.1) is 0 Å². The van der Waals surface area contributed by atoms with Crippen molar-refractivity contribution in [1.29, 1.82) is 0 Å². The number of aromatic nitrogens is 2. The van der Waals surface area contributed by atoms with E-state index < -0.39 is 0 Å². The minimum Gasteiger partial charge on any atom is -0.385 e. The van der Waals surface area contributed by atoms with Crippen LogP contribution < -0.4 is 5.32 Å². The molecule has 2 heterocycles. The van der Waals surface area contributed by atoms with Gasteiger partial charge in [0.05, 0.1) is 18.4 Å². The first-order valence-electron chi connectivity index (χ1n) is 9.49. The fourth-order valence-corrected chi connectivity index (χ4v) is 3.56. The number of piperidine rings is 1. The number of halogens is 1. The van der Waals surface area contributed by atoms with Crippen molar-refractivity contribution in [2.24, 2.45) is 0 Å². The molecule has 0 aliphatic carbocycles. The minimum atomic E-state index is -0.266. The molecule has 0 bridgehead atoms. The van der Waals surface area contributed by atoms with Crippen molar-refractivity contribution in [1.82, 2.24) is 14.7 Å². The lowest BCUT2D eigenvalue weighted by molar-refractivity contribution is 0.141. The van der Waals surface area contributed by atoms with E-state index in [1.165, 1.54) is 12.1 Å². The third-order valence-corrected chi connectivity index (χ3v) is 4.89. The lowest BCUT2D eigenvalue weighted by Crippen LogP contribution is -2.45. The van der Waals surface area contributed by atoms with E-state index in [9.17, 15) is 9.18 Å². The molecule has 7 heteroatoms. The van der Waals surface area contributed by atoms with Gasteiger partial charge in [0.15, 0.2) is 0 Å². The normalized spacial score (nSPS) is 17.1. The first-order valence-corrected chi connectivity index (χ1v) is 9.49. The number of hydrogen-bond acceptors (Lipinski definition) is 3. The van der Waals surface area contributed by atoms with Crippen molar-refractivity contribution in [3.63, 3.8) is 0 Å². The number of urea groups is 1. The van der Waals surface area contributed by atoms with Crippen molar-refractivity contribution in [3.8, 4) is 0 Å². The maximum absolute atomic E-state index is 13.3. The van der Waals surface area contributed by atoms with E-state index in [1.54, 1.807) is 30.3 Å². The summed E-state index contributed by atoms with van der Waals surface area (Å²) in [5, 5.41) is 7.21. The lowest BCUT2D eigenvalue weighted by atomic mass is 9.98. The van der Waals surface area contributed by atoms with Crippen molar-refractivity contribution < 1.29 is 13.9 Å². The van der Waals surface area contributed by atoms with E-state index in [0.29, 0.717) is 12.2 Å². The van der Waals surface area contributed by atoms with Gasteiger partial charge in [0.2, 0.25) is 0 Å². The molecule has 0 spiro atoms. The van der Waals surface area contributed by atoms with Gasteiger partial charge in [-0.25, -0.2) is 9.18 Å². The number of benzene rings is 1. The summed E-state index contributed by atoms with van der Waals surface area (Å²) in [6.45, 7) is 1.96. The Hall–Kier alpha value is -2.41. The number of nitrogens with one attached hydrogen (secondary N) is 1. The molecule has 3 rings (SSSR count). The molecule has 1 saturated heterocycles. The molecule has 1 fully saturated rings. The third-order valence-electron chi connectivity index (χ3n) is 4.89. The molecule has 1 aliphatic rings. The number of ether oxygens (including phenoxy) is 1. The van der Waals surface area contributed by atoms with Crippen LogP contribution in [0.25, 0.3) is 0 Å². The van der Waals surface area contributed by atoms with Gasteiger partial charge in [-0.05, 0) is 49.8 Å². The van der Waals surface area contributed by atoms with Gasteiger partial charge in [0.25, 0.3) is 0 Å². The van der Waals surface area contributed by atoms with Gasteiger partial charge < -0.3 is 15.0 Å². The van der Waals surface area contributed by atoms with Crippen LogP contribution in [0, 0.1) is 5.82 Å². The molecule has 1 aliphatic heterocycles. The number of methoxy groups -OCH3 is 1. The molecule has 0 unspecified atom stereocenters. The number of nitrogens with zero attached hydrogens (tertiary/aromatic N) is 3. The molecule has 27 heavy (non-hydrogen) atoms. The van der Waals surface area contributed by atoms with Crippen LogP contribution in [0.15, 0.2) is 36.7 Å². The molecule has 2 amide bonds. The minimum absolute atomic E-state index is 0.0811. The number of hydrogen-bond donors (Lipinski definition) is 1. The Morgan fingerprint density at radius 3 is 3.11 bits per heavy atom. The summed E-state index contributed by atoms with van der Waals surface area (Å²) in [5.41, 5.74) is 1.47. The Morgan fingerprint density at radius 2 is 2.30 bits per heavy atom. The summed E-state index contributed by atoms with van der Waals surface area (Å²) in [6, 6.07) is 6.61. The highest BCUT2D eigenvalue weighted by atomic mass is 19.1. The number of carbonyl (C=O) groups is 1. The Morgan fingerprint density at radius 1 is 1.41 bits per heavy atom. The zero-order valence-electron chi connectivity index (χ0n) is 15.7. The van der Waals surface area contributed by atoms with E-state index in [1.807, 2.05) is 11.0 Å². The molecular formula is C20H27FN4O2.